The molecule has 0 radical (unpaired) electrons. The number of aromatic nitrogens is 3. The monoisotopic (exact) mass is 660 g/mol. The number of anilines is 2. The van der Waals surface area contributed by atoms with Gasteiger partial charge in [-0.1, -0.05) is 39.3 Å². The quantitative estimate of drug-likeness (QED) is 0.297. The van der Waals surface area contributed by atoms with Gasteiger partial charge >= 0.3 is 0 Å². The summed E-state index contributed by atoms with van der Waals surface area (Å²) in [4.78, 5) is 23.1. The maximum atomic E-state index is 13.9. The van der Waals surface area contributed by atoms with Gasteiger partial charge in [0.15, 0.2) is 14.0 Å². The number of aryl methyl sites for hydroxylation is 1. The van der Waals surface area contributed by atoms with Gasteiger partial charge in [0.1, 0.15) is 5.82 Å². The van der Waals surface area contributed by atoms with E-state index in [0.29, 0.717) is 17.5 Å². The van der Waals surface area contributed by atoms with Crippen LogP contribution in [-0.2, 0) is 14.4 Å². The Balaban J connectivity index is 1.42. The van der Waals surface area contributed by atoms with Crippen molar-refractivity contribution in [1.29, 1.82) is 0 Å². The third-order valence-electron chi connectivity index (χ3n) is 9.33. The summed E-state index contributed by atoms with van der Waals surface area (Å²) in [5, 5.41) is 5.38. The number of hydrogen-bond donors (Lipinski definition) is 1. The number of nitrogens with zero attached hydrogens (tertiary/aromatic N) is 5. The zero-order valence-corrected chi connectivity index (χ0v) is 29.6. The molecule has 0 bridgehead atoms. The molecule has 2 aromatic heterocycles. The molecule has 13 heteroatoms. The van der Waals surface area contributed by atoms with Crippen molar-refractivity contribution in [2.45, 2.75) is 84.2 Å². The van der Waals surface area contributed by atoms with Crippen LogP contribution in [0.4, 0.5) is 11.5 Å². The first kappa shape index (κ1) is 32.7. The Hall–Kier alpha value is -2.67. The molecule has 5 rings (SSSR count). The Morgan fingerprint density at radius 2 is 1.89 bits per heavy atom. The van der Waals surface area contributed by atoms with Crippen molar-refractivity contribution in [3.8, 4) is 0 Å². The highest BCUT2D eigenvalue weighted by Crippen LogP contribution is 2.40. The minimum atomic E-state index is -3.60. The smallest absolute Gasteiger partial charge is 0.256 e. The highest BCUT2D eigenvalue weighted by Gasteiger charge is 2.43. The Morgan fingerprint density at radius 3 is 2.57 bits per heavy atom. The highest BCUT2D eigenvalue weighted by molar-refractivity contribution is 7.92. The summed E-state index contributed by atoms with van der Waals surface area (Å²) < 4.78 is 35.1. The average Bonchev–Trinajstić information content (AvgIpc) is 3.49. The van der Waals surface area contributed by atoms with Crippen LogP contribution in [0.5, 0.6) is 0 Å². The van der Waals surface area contributed by atoms with Crippen LogP contribution in [-0.4, -0.2) is 74.1 Å². The first-order chi connectivity index (χ1) is 20.4. The molecule has 44 heavy (non-hydrogen) atoms. The second-order valence-electron chi connectivity index (χ2n) is 14.0. The van der Waals surface area contributed by atoms with Crippen molar-refractivity contribution >= 4 is 53.0 Å². The van der Waals surface area contributed by atoms with Gasteiger partial charge < -0.3 is 14.2 Å². The zero-order valence-electron chi connectivity index (χ0n) is 27.0. The molecule has 240 valence electrons. The molecule has 1 aromatic carbocycles. The molecule has 0 saturated carbocycles. The number of likely N-dealkylation sites (tertiary alicyclic amines) is 1. The summed E-state index contributed by atoms with van der Waals surface area (Å²) in [5.41, 5.74) is 2.93. The molecule has 3 atom stereocenters. The minimum absolute atomic E-state index is 0.147. The Bertz CT molecular complexity index is 1670. The summed E-state index contributed by atoms with van der Waals surface area (Å²) in [6.07, 6.45) is 5.76. The van der Waals surface area contributed by atoms with Crippen LogP contribution in [0.15, 0.2) is 30.5 Å². The van der Waals surface area contributed by atoms with Gasteiger partial charge in [0.25, 0.3) is 5.91 Å². The molecule has 0 spiro atoms. The third-order valence-corrected chi connectivity index (χ3v) is 14.7. The van der Waals surface area contributed by atoms with E-state index in [1.807, 2.05) is 12.3 Å². The first-order valence-corrected chi connectivity index (χ1v) is 20.5. The van der Waals surface area contributed by atoms with E-state index in [1.165, 1.54) is 12.1 Å². The fraction of sp³-hybridized carbons (Fsp3) is 0.581. The van der Waals surface area contributed by atoms with Crippen molar-refractivity contribution in [2.24, 2.45) is 5.92 Å². The SMILES string of the molecule is Cc1cn2nc([C@@H]3CCCCN3C(=O)c3cc(Cl)ccc3NS(C)(=O)=O)cc2nc1N1C[C@@H](C)[C@@H](O[Si](C)(C)C(C)(C)C)C1. The number of fused-ring (bicyclic) bond motifs is 1. The van der Waals surface area contributed by atoms with Crippen molar-refractivity contribution in [1.82, 2.24) is 19.5 Å². The molecule has 0 aliphatic carbocycles. The van der Waals surface area contributed by atoms with Gasteiger partial charge in [0.05, 0.1) is 35.3 Å². The number of sulfonamides is 1. The fourth-order valence-electron chi connectivity index (χ4n) is 5.94. The summed E-state index contributed by atoms with van der Waals surface area (Å²) in [5.74, 6) is 1.03. The molecule has 2 fully saturated rings. The van der Waals surface area contributed by atoms with Crippen LogP contribution in [0, 0.1) is 12.8 Å². The van der Waals surface area contributed by atoms with Crippen molar-refractivity contribution < 1.29 is 17.6 Å². The summed E-state index contributed by atoms with van der Waals surface area (Å²) in [7, 11) is -5.50. The van der Waals surface area contributed by atoms with E-state index in [0.717, 1.165) is 61.3 Å². The molecular formula is C31H45ClN6O4SSi. The molecule has 1 N–H and O–H groups in total. The molecule has 10 nitrogen and oxygen atoms in total. The Labute approximate surface area is 267 Å². The van der Waals surface area contributed by atoms with Gasteiger partial charge in [-0.2, -0.15) is 5.10 Å². The van der Waals surface area contributed by atoms with Crippen molar-refractivity contribution in [3.63, 3.8) is 0 Å². The first-order valence-electron chi connectivity index (χ1n) is 15.3. The maximum absolute atomic E-state index is 13.9. The maximum Gasteiger partial charge on any atom is 0.256 e. The zero-order chi connectivity index (χ0) is 32.2. The van der Waals surface area contributed by atoms with Gasteiger partial charge in [-0.15, -0.1) is 0 Å². The number of halogens is 1. The second-order valence-corrected chi connectivity index (χ2v) is 20.9. The molecule has 4 heterocycles. The minimum Gasteiger partial charge on any atom is -0.412 e. The van der Waals surface area contributed by atoms with Gasteiger partial charge in [-0.05, 0) is 62.5 Å². The van der Waals surface area contributed by atoms with Crippen molar-refractivity contribution in [3.05, 3.63) is 52.3 Å². The van der Waals surface area contributed by atoms with Crippen LogP contribution in [0.2, 0.25) is 23.2 Å². The molecule has 0 unspecified atom stereocenters. The number of amides is 1. The van der Waals surface area contributed by atoms with Crippen LogP contribution >= 0.6 is 11.6 Å². The number of carbonyl (C=O) groups is 1. The molecule has 2 aliphatic heterocycles. The van der Waals surface area contributed by atoms with Crippen LogP contribution in [0.3, 0.4) is 0 Å². The Morgan fingerprint density at radius 1 is 1.16 bits per heavy atom. The third kappa shape index (κ3) is 6.78. The molecule has 2 aliphatic rings. The molecular weight excluding hydrogens is 616 g/mol. The van der Waals surface area contributed by atoms with Crippen molar-refractivity contribution in [2.75, 3.05) is 35.5 Å². The van der Waals surface area contributed by atoms with Crippen LogP contribution in [0.25, 0.3) is 5.65 Å². The molecule has 2 saturated heterocycles. The number of piperidine rings is 1. The predicted molar refractivity (Wildman–Crippen MR) is 179 cm³/mol. The van der Waals surface area contributed by atoms with Gasteiger partial charge in [0.2, 0.25) is 10.0 Å². The lowest BCUT2D eigenvalue weighted by atomic mass is 9.98. The standard InChI is InChI=1S/C31H45ClN6O4SSi/c1-20-17-36(19-27(20)42-44(7,8)31(3,4)5)29-21(2)18-38-28(33-29)16-25(34-38)26-11-9-10-14-37(26)30(39)23-15-22(32)12-13-24(23)35-43(6,40)41/h12-13,15-16,18,20,26-27,35H,9-11,14,17,19H2,1-8H3/t20-,26+,27+/m1/s1. The number of nitrogens with one attached hydrogen (secondary N) is 1. The van der Waals surface area contributed by atoms with E-state index in [1.54, 1.807) is 15.5 Å². The lowest BCUT2D eigenvalue weighted by molar-refractivity contribution is 0.0607. The number of hydrogen-bond acceptors (Lipinski definition) is 7. The number of carbonyl (C=O) groups excluding carboxylic acids is 1. The van der Waals surface area contributed by atoms with Gasteiger partial charge in [-0.25, -0.2) is 17.9 Å². The predicted octanol–water partition coefficient (Wildman–Crippen LogP) is 6.28. The molecule has 1 amide bonds. The normalized spacial score (nSPS) is 21.7. The van der Waals surface area contributed by atoms with E-state index < -0.39 is 18.3 Å². The topological polar surface area (TPSA) is 109 Å². The van der Waals surface area contributed by atoms with Gasteiger partial charge in [-0.3, -0.25) is 9.52 Å². The van der Waals surface area contributed by atoms with E-state index in [4.69, 9.17) is 26.1 Å². The average molecular weight is 661 g/mol. The van der Waals surface area contributed by atoms with Crippen LogP contribution in [0.1, 0.15) is 74.6 Å². The fourth-order valence-corrected chi connectivity index (χ4v) is 8.11. The summed E-state index contributed by atoms with van der Waals surface area (Å²) >= 11 is 6.25. The highest BCUT2D eigenvalue weighted by atomic mass is 35.5. The van der Waals surface area contributed by atoms with E-state index in [2.05, 4.69) is 57.3 Å². The van der Waals surface area contributed by atoms with E-state index >= 15 is 0 Å². The Kier molecular flexibility index (Phi) is 8.86. The van der Waals surface area contributed by atoms with E-state index in [9.17, 15) is 13.2 Å². The summed E-state index contributed by atoms with van der Waals surface area (Å²) in [6.45, 7) is 17.9. The lowest BCUT2D eigenvalue weighted by Crippen LogP contribution is -2.45. The summed E-state index contributed by atoms with van der Waals surface area (Å²) in [6, 6.07) is 6.30. The second kappa shape index (κ2) is 11.9. The number of rotatable bonds is 7. The number of benzene rings is 1. The van der Waals surface area contributed by atoms with Gasteiger partial charge in [0, 0.05) is 48.4 Å². The largest absolute Gasteiger partial charge is 0.412 e. The lowest BCUT2D eigenvalue weighted by Gasteiger charge is -2.39. The van der Waals surface area contributed by atoms with E-state index in [-0.39, 0.29) is 34.3 Å². The molecule has 3 aromatic rings. The van der Waals surface area contributed by atoms with Crippen LogP contribution < -0.4 is 9.62 Å².